The van der Waals surface area contributed by atoms with Crippen molar-refractivity contribution < 1.29 is 4.79 Å². The Morgan fingerprint density at radius 1 is 1.36 bits per heavy atom. The Balaban J connectivity index is 1.84. The van der Waals surface area contributed by atoms with Crippen molar-refractivity contribution in [1.82, 2.24) is 4.90 Å². The van der Waals surface area contributed by atoms with Crippen molar-refractivity contribution in [3.8, 4) is 0 Å². The normalized spacial score (nSPS) is 34.4. The molecule has 0 aromatic heterocycles. The molecule has 2 nitrogen and oxygen atoms in total. The molecule has 0 N–H and O–H groups in total. The molecule has 0 aromatic rings. The van der Waals surface area contributed by atoms with Gasteiger partial charge in [0.2, 0.25) is 0 Å². The van der Waals surface area contributed by atoms with Crippen molar-refractivity contribution in [2.45, 2.75) is 19.3 Å². The van der Waals surface area contributed by atoms with Crippen LogP contribution >= 0.6 is 0 Å². The minimum atomic E-state index is 0.352. The van der Waals surface area contributed by atoms with E-state index in [0.29, 0.717) is 23.5 Å². The maximum Gasteiger partial charge on any atom is 0.137 e. The Hall–Kier alpha value is -0.630. The molecule has 1 fully saturated rings. The average Bonchev–Trinajstić information content (AvgIpc) is 2.74. The summed E-state index contributed by atoms with van der Waals surface area (Å²) in [6, 6.07) is 0. The smallest absolute Gasteiger partial charge is 0.137 e. The van der Waals surface area contributed by atoms with Gasteiger partial charge in [0.05, 0.1) is 0 Å². The van der Waals surface area contributed by atoms with Crippen LogP contribution in [0, 0.1) is 17.8 Å². The second kappa shape index (κ2) is 3.85. The van der Waals surface area contributed by atoms with Crippen molar-refractivity contribution in [2.75, 3.05) is 20.6 Å². The molecule has 0 amide bonds. The lowest BCUT2D eigenvalue weighted by molar-refractivity contribution is -0.123. The number of rotatable bonds is 4. The van der Waals surface area contributed by atoms with Gasteiger partial charge in [-0.25, -0.2) is 0 Å². The highest BCUT2D eigenvalue weighted by Gasteiger charge is 2.38. The highest BCUT2D eigenvalue weighted by molar-refractivity contribution is 5.82. The molecule has 1 saturated carbocycles. The lowest BCUT2D eigenvalue weighted by Crippen LogP contribution is -2.23. The lowest BCUT2D eigenvalue weighted by atomic mass is 9.88. The Labute approximate surface area is 86.0 Å². The molecule has 2 rings (SSSR count). The van der Waals surface area contributed by atoms with E-state index in [1.165, 1.54) is 6.42 Å². The molecule has 0 heterocycles. The van der Waals surface area contributed by atoms with Gasteiger partial charge >= 0.3 is 0 Å². The molecule has 14 heavy (non-hydrogen) atoms. The maximum absolute atomic E-state index is 11.9. The number of fused-ring (bicyclic) bond motifs is 2. The van der Waals surface area contributed by atoms with Crippen molar-refractivity contribution in [3.05, 3.63) is 12.2 Å². The number of carbonyl (C=O) groups is 1. The van der Waals surface area contributed by atoms with Crippen LogP contribution < -0.4 is 0 Å². The van der Waals surface area contributed by atoms with Crippen LogP contribution in [-0.2, 0) is 4.79 Å². The first-order chi connectivity index (χ1) is 6.66. The van der Waals surface area contributed by atoms with Gasteiger partial charge in [-0.05, 0) is 38.8 Å². The van der Waals surface area contributed by atoms with Crippen LogP contribution in [0.4, 0.5) is 0 Å². The van der Waals surface area contributed by atoms with Gasteiger partial charge in [0.25, 0.3) is 0 Å². The van der Waals surface area contributed by atoms with Gasteiger partial charge in [-0.3, -0.25) is 4.79 Å². The third-order valence-corrected chi connectivity index (χ3v) is 3.50. The number of Topliss-reactive ketones (excluding diaryl/α,β-unsaturated/α-hetero) is 1. The van der Waals surface area contributed by atoms with Crippen molar-refractivity contribution in [1.29, 1.82) is 0 Å². The summed E-state index contributed by atoms with van der Waals surface area (Å²) in [5, 5.41) is 0. The Kier molecular flexibility index (Phi) is 2.73. The Bertz CT molecular complexity index is 257. The summed E-state index contributed by atoms with van der Waals surface area (Å²) in [4.78, 5) is 14.0. The summed E-state index contributed by atoms with van der Waals surface area (Å²) < 4.78 is 0. The molecule has 0 saturated heterocycles. The monoisotopic (exact) mass is 193 g/mol. The first-order valence-corrected chi connectivity index (χ1v) is 5.52. The number of allylic oxidation sites excluding steroid dienone is 2. The van der Waals surface area contributed by atoms with Crippen LogP contribution in [0.1, 0.15) is 19.3 Å². The fourth-order valence-corrected chi connectivity index (χ4v) is 2.67. The molecule has 2 heteroatoms. The predicted octanol–water partition coefficient (Wildman–Crippen LogP) is 1.72. The largest absolute Gasteiger partial charge is 0.309 e. The molecule has 2 aliphatic carbocycles. The fraction of sp³-hybridized carbons (Fsp3) is 0.750. The first kappa shape index (κ1) is 9.91. The SMILES string of the molecule is CN(C)CCC(=O)[C@H]1C[C@H]2C=C[C@H]1C2. The van der Waals surface area contributed by atoms with E-state index in [9.17, 15) is 4.79 Å². The summed E-state index contributed by atoms with van der Waals surface area (Å²) >= 11 is 0. The fourth-order valence-electron chi connectivity index (χ4n) is 2.67. The average molecular weight is 193 g/mol. The number of nitrogens with zero attached hydrogens (tertiary/aromatic N) is 1. The van der Waals surface area contributed by atoms with Crippen molar-refractivity contribution in [2.24, 2.45) is 17.8 Å². The van der Waals surface area contributed by atoms with Crippen LogP contribution in [0.5, 0.6) is 0 Å². The number of hydrogen-bond donors (Lipinski definition) is 0. The van der Waals surface area contributed by atoms with Crippen LogP contribution in [0.3, 0.4) is 0 Å². The molecule has 3 atom stereocenters. The highest BCUT2D eigenvalue weighted by atomic mass is 16.1. The van der Waals surface area contributed by atoms with Crippen molar-refractivity contribution >= 4 is 5.78 Å². The second-order valence-corrected chi connectivity index (χ2v) is 4.91. The molecule has 0 aliphatic heterocycles. The van der Waals surface area contributed by atoms with Gasteiger partial charge in [0.1, 0.15) is 5.78 Å². The van der Waals surface area contributed by atoms with E-state index in [1.807, 2.05) is 14.1 Å². The third kappa shape index (κ3) is 1.90. The van der Waals surface area contributed by atoms with Gasteiger partial charge < -0.3 is 4.90 Å². The zero-order valence-corrected chi connectivity index (χ0v) is 9.07. The Morgan fingerprint density at radius 3 is 2.64 bits per heavy atom. The minimum absolute atomic E-state index is 0.352. The molecule has 78 valence electrons. The highest BCUT2D eigenvalue weighted by Crippen LogP contribution is 2.44. The van der Waals surface area contributed by atoms with Crippen molar-refractivity contribution in [3.63, 3.8) is 0 Å². The zero-order chi connectivity index (χ0) is 10.1. The third-order valence-electron chi connectivity index (χ3n) is 3.50. The van der Waals surface area contributed by atoms with Crippen LogP contribution in [-0.4, -0.2) is 31.3 Å². The summed E-state index contributed by atoms with van der Waals surface area (Å²) in [6.45, 7) is 0.899. The topological polar surface area (TPSA) is 20.3 Å². The van der Waals surface area contributed by atoms with Gasteiger partial charge in [0, 0.05) is 18.9 Å². The van der Waals surface area contributed by atoms with Crippen LogP contribution in [0.15, 0.2) is 12.2 Å². The number of hydrogen-bond acceptors (Lipinski definition) is 2. The molecule has 2 aliphatic rings. The summed E-state index contributed by atoms with van der Waals surface area (Å²) in [7, 11) is 4.04. The predicted molar refractivity (Wildman–Crippen MR) is 57.0 cm³/mol. The van der Waals surface area contributed by atoms with E-state index in [4.69, 9.17) is 0 Å². The number of carbonyl (C=O) groups excluding carboxylic acids is 1. The summed E-state index contributed by atoms with van der Waals surface area (Å²) in [5.74, 6) is 2.13. The van der Waals surface area contributed by atoms with E-state index < -0.39 is 0 Å². The van der Waals surface area contributed by atoms with E-state index in [-0.39, 0.29) is 0 Å². The first-order valence-electron chi connectivity index (χ1n) is 5.52. The molecule has 0 radical (unpaired) electrons. The Morgan fingerprint density at radius 2 is 2.14 bits per heavy atom. The van der Waals surface area contributed by atoms with Gasteiger partial charge in [0.15, 0.2) is 0 Å². The molecule has 2 bridgehead atoms. The van der Waals surface area contributed by atoms with E-state index in [2.05, 4.69) is 17.1 Å². The van der Waals surface area contributed by atoms with E-state index in [1.54, 1.807) is 0 Å². The molecule has 0 aromatic carbocycles. The van der Waals surface area contributed by atoms with E-state index >= 15 is 0 Å². The summed E-state index contributed by atoms with van der Waals surface area (Å²) in [6.07, 6.45) is 7.63. The van der Waals surface area contributed by atoms with Crippen LogP contribution in [0.25, 0.3) is 0 Å². The van der Waals surface area contributed by atoms with Gasteiger partial charge in [-0.2, -0.15) is 0 Å². The zero-order valence-electron chi connectivity index (χ0n) is 9.07. The molecule has 0 spiro atoms. The maximum atomic E-state index is 11.9. The molecular formula is C12H19NO. The lowest BCUT2D eigenvalue weighted by Gasteiger charge is -2.17. The number of ketones is 1. The standard InChI is InChI=1S/C12H19NO/c1-13(2)6-5-12(14)11-8-9-3-4-10(11)7-9/h3-4,9-11H,5-8H2,1-2H3/t9-,10-,11-/m0/s1. The molecular weight excluding hydrogens is 174 g/mol. The van der Waals surface area contributed by atoms with E-state index in [0.717, 1.165) is 19.4 Å². The van der Waals surface area contributed by atoms with Gasteiger partial charge in [-0.1, -0.05) is 12.2 Å². The van der Waals surface area contributed by atoms with Crippen LogP contribution in [0.2, 0.25) is 0 Å². The second-order valence-electron chi connectivity index (χ2n) is 4.91. The minimum Gasteiger partial charge on any atom is -0.309 e. The quantitative estimate of drug-likeness (QED) is 0.634. The summed E-state index contributed by atoms with van der Waals surface area (Å²) in [5.41, 5.74) is 0. The van der Waals surface area contributed by atoms with Gasteiger partial charge in [-0.15, -0.1) is 0 Å². The molecule has 0 unspecified atom stereocenters.